The molecule has 7 nitrogen and oxygen atoms in total. The van der Waals surface area contributed by atoms with Crippen LogP contribution in [0.2, 0.25) is 0 Å². The predicted octanol–water partition coefficient (Wildman–Crippen LogP) is 1.65. The third-order valence-electron chi connectivity index (χ3n) is 4.14. The normalized spacial score (nSPS) is 16.5. The lowest BCUT2D eigenvalue weighted by molar-refractivity contribution is -0.134. The number of hydrogen-bond donors (Lipinski definition) is 0. The Kier molecular flexibility index (Phi) is 4.61. The van der Waals surface area contributed by atoms with E-state index in [2.05, 4.69) is 35.9 Å². The Hall–Kier alpha value is -1.96. The Balaban J connectivity index is 1.63. The predicted molar refractivity (Wildman–Crippen MR) is 90.2 cm³/mol. The summed E-state index contributed by atoms with van der Waals surface area (Å²) >= 11 is 3.43. The van der Waals surface area contributed by atoms with Crippen molar-refractivity contribution in [1.82, 2.24) is 24.6 Å². The smallest absolute Gasteiger partial charge is 0.247 e. The van der Waals surface area contributed by atoms with Crippen LogP contribution in [0.4, 0.5) is 5.95 Å². The minimum Gasteiger partial charge on any atom is -0.337 e. The number of rotatable bonds is 3. The summed E-state index contributed by atoms with van der Waals surface area (Å²) in [7, 11) is 0. The van der Waals surface area contributed by atoms with E-state index in [1.807, 2.05) is 18.7 Å². The van der Waals surface area contributed by atoms with Gasteiger partial charge in [-0.3, -0.25) is 9.48 Å². The summed E-state index contributed by atoms with van der Waals surface area (Å²) in [4.78, 5) is 25.2. The average Bonchev–Trinajstić information content (AvgIpc) is 2.94. The van der Waals surface area contributed by atoms with Crippen molar-refractivity contribution in [2.24, 2.45) is 0 Å². The molecule has 1 fully saturated rings. The Bertz CT molecular complexity index is 681. The molecule has 1 unspecified atom stereocenters. The van der Waals surface area contributed by atoms with Crippen LogP contribution in [0.1, 0.15) is 18.7 Å². The van der Waals surface area contributed by atoms with E-state index in [4.69, 9.17) is 0 Å². The fraction of sp³-hybridized carbons (Fsp3) is 0.467. The number of nitrogens with zero attached hydrogens (tertiary/aromatic N) is 6. The largest absolute Gasteiger partial charge is 0.337 e. The summed E-state index contributed by atoms with van der Waals surface area (Å²) in [5.74, 6) is 0.817. The van der Waals surface area contributed by atoms with Crippen LogP contribution in [0.15, 0.2) is 29.1 Å². The molecule has 0 radical (unpaired) electrons. The minimum atomic E-state index is -0.305. The second-order valence-electron chi connectivity index (χ2n) is 5.56. The zero-order chi connectivity index (χ0) is 16.4. The molecule has 23 heavy (non-hydrogen) atoms. The third kappa shape index (κ3) is 3.21. The molecular weight excluding hydrogens is 360 g/mol. The van der Waals surface area contributed by atoms with Gasteiger partial charge in [-0.05, 0) is 35.8 Å². The summed E-state index contributed by atoms with van der Waals surface area (Å²) in [6.45, 7) is 6.66. The van der Waals surface area contributed by atoms with Gasteiger partial charge in [0.2, 0.25) is 11.9 Å². The molecule has 0 saturated carbocycles. The first-order valence-electron chi connectivity index (χ1n) is 7.58. The molecule has 2 aromatic heterocycles. The zero-order valence-corrected chi connectivity index (χ0v) is 14.8. The first-order valence-corrected chi connectivity index (χ1v) is 8.37. The first kappa shape index (κ1) is 15.9. The van der Waals surface area contributed by atoms with Crippen LogP contribution in [0.25, 0.3) is 0 Å². The number of amides is 1. The molecule has 3 heterocycles. The van der Waals surface area contributed by atoms with Gasteiger partial charge in [0.15, 0.2) is 0 Å². The van der Waals surface area contributed by atoms with Gasteiger partial charge in [0.25, 0.3) is 0 Å². The van der Waals surface area contributed by atoms with Crippen molar-refractivity contribution < 1.29 is 4.79 Å². The topological polar surface area (TPSA) is 67.2 Å². The Morgan fingerprint density at radius 2 is 1.87 bits per heavy atom. The second-order valence-corrected chi connectivity index (χ2v) is 6.41. The molecule has 1 atom stereocenters. The maximum absolute atomic E-state index is 12.7. The number of carbonyl (C=O) groups is 1. The summed E-state index contributed by atoms with van der Waals surface area (Å²) < 4.78 is 2.68. The highest BCUT2D eigenvalue weighted by Crippen LogP contribution is 2.20. The highest BCUT2D eigenvalue weighted by molar-refractivity contribution is 9.10. The SMILES string of the molecule is Cc1c(Br)cnn1C(C)C(=O)N1CCN(c2ncccn2)CC1. The molecule has 0 aromatic carbocycles. The van der Waals surface area contributed by atoms with Crippen molar-refractivity contribution >= 4 is 27.8 Å². The van der Waals surface area contributed by atoms with E-state index >= 15 is 0 Å². The van der Waals surface area contributed by atoms with Crippen molar-refractivity contribution in [3.05, 3.63) is 34.8 Å². The van der Waals surface area contributed by atoms with Crippen molar-refractivity contribution in [3.8, 4) is 0 Å². The van der Waals surface area contributed by atoms with Gasteiger partial charge in [-0.2, -0.15) is 5.10 Å². The number of piperazine rings is 1. The standard InChI is InChI=1S/C15H19BrN6O/c1-11-13(16)10-19-22(11)12(2)14(23)20-6-8-21(9-7-20)15-17-4-3-5-18-15/h3-5,10,12H,6-9H2,1-2H3. The van der Waals surface area contributed by atoms with Gasteiger partial charge >= 0.3 is 0 Å². The molecule has 3 rings (SSSR count). The molecule has 0 N–H and O–H groups in total. The van der Waals surface area contributed by atoms with Gasteiger partial charge in [-0.1, -0.05) is 0 Å². The number of hydrogen-bond acceptors (Lipinski definition) is 5. The molecule has 1 saturated heterocycles. The van der Waals surface area contributed by atoms with Crippen molar-refractivity contribution in [2.45, 2.75) is 19.9 Å². The Morgan fingerprint density at radius 3 is 2.43 bits per heavy atom. The molecule has 0 aliphatic carbocycles. The van der Waals surface area contributed by atoms with Gasteiger partial charge in [0, 0.05) is 38.6 Å². The fourth-order valence-electron chi connectivity index (χ4n) is 2.74. The number of carbonyl (C=O) groups excluding carboxylic acids is 1. The van der Waals surface area contributed by atoms with Gasteiger partial charge in [-0.25, -0.2) is 9.97 Å². The third-order valence-corrected chi connectivity index (χ3v) is 4.91. The number of anilines is 1. The lowest BCUT2D eigenvalue weighted by Gasteiger charge is -2.36. The van der Waals surface area contributed by atoms with Crippen LogP contribution >= 0.6 is 15.9 Å². The van der Waals surface area contributed by atoms with Crippen molar-refractivity contribution in [3.63, 3.8) is 0 Å². The number of halogens is 1. The minimum absolute atomic E-state index is 0.0948. The molecular formula is C15H19BrN6O. The van der Waals surface area contributed by atoms with Gasteiger partial charge in [-0.15, -0.1) is 0 Å². The Morgan fingerprint density at radius 1 is 1.22 bits per heavy atom. The molecule has 8 heteroatoms. The van der Waals surface area contributed by atoms with Crippen molar-refractivity contribution in [1.29, 1.82) is 0 Å². The highest BCUT2D eigenvalue weighted by Gasteiger charge is 2.27. The van der Waals surface area contributed by atoms with E-state index in [9.17, 15) is 4.79 Å². The van der Waals surface area contributed by atoms with Crippen LogP contribution in [0.5, 0.6) is 0 Å². The van der Waals surface area contributed by atoms with Crippen LogP contribution in [-0.4, -0.2) is 56.7 Å². The lowest BCUT2D eigenvalue weighted by Crippen LogP contribution is -2.50. The molecule has 1 amide bonds. The lowest BCUT2D eigenvalue weighted by atomic mass is 10.2. The van der Waals surface area contributed by atoms with Gasteiger partial charge < -0.3 is 9.80 Å². The molecule has 0 bridgehead atoms. The zero-order valence-electron chi connectivity index (χ0n) is 13.2. The van der Waals surface area contributed by atoms with E-state index in [0.717, 1.165) is 29.2 Å². The van der Waals surface area contributed by atoms with E-state index in [-0.39, 0.29) is 11.9 Å². The number of aromatic nitrogens is 4. The average molecular weight is 379 g/mol. The van der Waals surface area contributed by atoms with Gasteiger partial charge in [0.1, 0.15) is 6.04 Å². The summed E-state index contributed by atoms with van der Waals surface area (Å²) in [5, 5.41) is 4.29. The molecule has 2 aromatic rings. The monoisotopic (exact) mass is 378 g/mol. The fourth-order valence-corrected chi connectivity index (χ4v) is 3.02. The molecule has 0 spiro atoms. The maximum Gasteiger partial charge on any atom is 0.247 e. The maximum atomic E-state index is 12.7. The van der Waals surface area contributed by atoms with Crippen LogP contribution < -0.4 is 4.90 Å². The van der Waals surface area contributed by atoms with Crippen molar-refractivity contribution in [2.75, 3.05) is 31.1 Å². The van der Waals surface area contributed by atoms with E-state index in [0.29, 0.717) is 13.1 Å². The second kappa shape index (κ2) is 6.66. The first-order chi connectivity index (χ1) is 11.1. The van der Waals surface area contributed by atoms with Crippen LogP contribution in [0.3, 0.4) is 0 Å². The van der Waals surface area contributed by atoms with Gasteiger partial charge in [0.05, 0.1) is 16.4 Å². The van der Waals surface area contributed by atoms with E-state index in [1.165, 1.54) is 0 Å². The van der Waals surface area contributed by atoms with E-state index in [1.54, 1.807) is 29.3 Å². The molecule has 122 valence electrons. The summed E-state index contributed by atoms with van der Waals surface area (Å²) in [5.41, 5.74) is 0.960. The van der Waals surface area contributed by atoms with Crippen LogP contribution in [-0.2, 0) is 4.79 Å². The molecule has 1 aliphatic rings. The Labute approximate surface area is 143 Å². The molecule has 1 aliphatic heterocycles. The highest BCUT2D eigenvalue weighted by atomic mass is 79.9. The summed E-state index contributed by atoms with van der Waals surface area (Å²) in [6, 6.07) is 1.50. The van der Waals surface area contributed by atoms with Crippen LogP contribution in [0, 0.1) is 6.92 Å². The van der Waals surface area contributed by atoms with E-state index < -0.39 is 0 Å². The quantitative estimate of drug-likeness (QED) is 0.812. The summed E-state index contributed by atoms with van der Waals surface area (Å²) in [6.07, 6.45) is 5.20.